The van der Waals surface area contributed by atoms with Gasteiger partial charge in [0.2, 0.25) is 0 Å². The van der Waals surface area contributed by atoms with E-state index in [0.29, 0.717) is 16.5 Å². The molecule has 2 atom stereocenters. The maximum absolute atomic E-state index is 12.0. The van der Waals surface area contributed by atoms with E-state index in [1.165, 1.54) is 12.6 Å². The van der Waals surface area contributed by atoms with Gasteiger partial charge in [0.1, 0.15) is 10.7 Å². The summed E-state index contributed by atoms with van der Waals surface area (Å²) >= 11 is 6.72. The molecule has 1 amide bonds. The number of hydrogen-bond donors (Lipinski definition) is 2. The van der Waals surface area contributed by atoms with Gasteiger partial charge in [0.15, 0.2) is 0 Å². The van der Waals surface area contributed by atoms with E-state index < -0.39 is 0 Å². The maximum atomic E-state index is 12.0. The van der Waals surface area contributed by atoms with E-state index in [0.717, 1.165) is 12.8 Å². The summed E-state index contributed by atoms with van der Waals surface area (Å²) in [4.78, 5) is 16.4. The van der Waals surface area contributed by atoms with Crippen LogP contribution in [0.1, 0.15) is 35.3 Å². The number of pyridine rings is 1. The van der Waals surface area contributed by atoms with Gasteiger partial charge in [-0.05, 0) is 37.7 Å². The minimum absolute atomic E-state index is 0.124. The third-order valence-electron chi connectivity index (χ3n) is 3.33. The summed E-state index contributed by atoms with van der Waals surface area (Å²) in [6, 6.07) is 3.65. The van der Waals surface area contributed by atoms with Crippen molar-refractivity contribution in [1.29, 1.82) is 0 Å². The van der Waals surface area contributed by atoms with Crippen LogP contribution in [0.5, 0.6) is 0 Å². The lowest BCUT2D eigenvalue weighted by atomic mass is 10.2. The van der Waals surface area contributed by atoms with Crippen molar-refractivity contribution in [3.05, 3.63) is 29.6 Å². The SMILES string of the molecule is CSC1CCC(NC(=O)c2ccc(C(N)=S)cn2)C1. The van der Waals surface area contributed by atoms with Gasteiger partial charge in [0, 0.05) is 23.1 Å². The van der Waals surface area contributed by atoms with E-state index in [1.807, 2.05) is 11.8 Å². The number of aromatic nitrogens is 1. The molecule has 1 aliphatic rings. The molecule has 1 aromatic rings. The Kier molecular flexibility index (Phi) is 4.76. The standard InChI is InChI=1S/C13H17N3OS2/c1-19-10-4-3-9(6-10)16-13(17)11-5-2-8(7-15-11)12(14)18/h2,5,7,9-10H,3-4,6H2,1H3,(H2,14,18)(H,16,17). The number of carbonyl (C=O) groups is 1. The fourth-order valence-corrected chi connectivity index (χ4v) is 3.14. The van der Waals surface area contributed by atoms with Gasteiger partial charge < -0.3 is 11.1 Å². The van der Waals surface area contributed by atoms with Crippen LogP contribution in [-0.4, -0.2) is 33.4 Å². The highest BCUT2D eigenvalue weighted by molar-refractivity contribution is 7.99. The highest BCUT2D eigenvalue weighted by atomic mass is 32.2. The van der Waals surface area contributed by atoms with Crippen molar-refractivity contribution in [2.24, 2.45) is 5.73 Å². The lowest BCUT2D eigenvalue weighted by Crippen LogP contribution is -2.33. The Morgan fingerprint density at radius 3 is 2.84 bits per heavy atom. The minimum atomic E-state index is -0.124. The van der Waals surface area contributed by atoms with Crippen molar-refractivity contribution in [1.82, 2.24) is 10.3 Å². The van der Waals surface area contributed by atoms with Crippen molar-refractivity contribution in [2.75, 3.05) is 6.26 Å². The Balaban J connectivity index is 1.95. The highest BCUT2D eigenvalue weighted by Crippen LogP contribution is 2.28. The van der Waals surface area contributed by atoms with Crippen molar-refractivity contribution < 1.29 is 4.79 Å². The van der Waals surface area contributed by atoms with Crippen LogP contribution in [0, 0.1) is 0 Å². The zero-order valence-electron chi connectivity index (χ0n) is 10.8. The predicted octanol–water partition coefficient (Wildman–Crippen LogP) is 1.73. The third kappa shape index (κ3) is 3.67. The fraction of sp³-hybridized carbons (Fsp3) is 0.462. The van der Waals surface area contributed by atoms with Gasteiger partial charge in [-0.25, -0.2) is 0 Å². The lowest BCUT2D eigenvalue weighted by Gasteiger charge is -2.12. The van der Waals surface area contributed by atoms with E-state index in [9.17, 15) is 4.79 Å². The number of nitrogens with two attached hydrogens (primary N) is 1. The Bertz CT molecular complexity index is 475. The molecule has 0 spiro atoms. The van der Waals surface area contributed by atoms with Crippen LogP contribution in [0.25, 0.3) is 0 Å². The minimum Gasteiger partial charge on any atom is -0.389 e. The summed E-state index contributed by atoms with van der Waals surface area (Å²) in [5.74, 6) is -0.124. The second kappa shape index (κ2) is 6.34. The van der Waals surface area contributed by atoms with Crippen molar-refractivity contribution in [2.45, 2.75) is 30.6 Å². The number of thiocarbonyl (C=S) groups is 1. The molecule has 0 radical (unpaired) electrons. The van der Waals surface area contributed by atoms with Crippen LogP contribution in [0.4, 0.5) is 0 Å². The number of amides is 1. The molecule has 0 aromatic carbocycles. The van der Waals surface area contributed by atoms with E-state index in [1.54, 1.807) is 12.1 Å². The van der Waals surface area contributed by atoms with Gasteiger partial charge in [-0.2, -0.15) is 11.8 Å². The van der Waals surface area contributed by atoms with Crippen molar-refractivity contribution >= 4 is 34.9 Å². The number of nitrogens with one attached hydrogen (secondary N) is 1. The first-order chi connectivity index (χ1) is 9.10. The van der Waals surface area contributed by atoms with Crippen LogP contribution in [0.2, 0.25) is 0 Å². The molecule has 4 nitrogen and oxygen atoms in total. The molecule has 0 saturated heterocycles. The molecule has 1 saturated carbocycles. The zero-order chi connectivity index (χ0) is 13.8. The third-order valence-corrected chi connectivity index (χ3v) is 4.66. The quantitative estimate of drug-likeness (QED) is 0.828. The van der Waals surface area contributed by atoms with E-state index in [4.69, 9.17) is 18.0 Å². The molecule has 1 aromatic heterocycles. The van der Waals surface area contributed by atoms with Gasteiger partial charge in [-0.1, -0.05) is 12.2 Å². The molecule has 102 valence electrons. The summed E-state index contributed by atoms with van der Waals surface area (Å²) < 4.78 is 0. The summed E-state index contributed by atoms with van der Waals surface area (Å²) in [5.41, 5.74) is 6.58. The summed E-state index contributed by atoms with van der Waals surface area (Å²) in [6.45, 7) is 0. The smallest absolute Gasteiger partial charge is 0.270 e. The fourth-order valence-electron chi connectivity index (χ4n) is 2.22. The Hall–Kier alpha value is -1.14. The predicted molar refractivity (Wildman–Crippen MR) is 82.5 cm³/mol. The molecule has 2 rings (SSSR count). The lowest BCUT2D eigenvalue weighted by molar-refractivity contribution is 0.0933. The highest BCUT2D eigenvalue weighted by Gasteiger charge is 2.25. The molecule has 0 aliphatic heterocycles. The van der Waals surface area contributed by atoms with E-state index in [-0.39, 0.29) is 16.9 Å². The summed E-state index contributed by atoms with van der Waals surface area (Å²) in [5, 5.41) is 3.69. The second-order valence-corrected chi connectivity index (χ2v) is 6.22. The van der Waals surface area contributed by atoms with Gasteiger partial charge in [-0.15, -0.1) is 0 Å². The molecule has 1 fully saturated rings. The molecule has 3 N–H and O–H groups in total. The van der Waals surface area contributed by atoms with Crippen LogP contribution in [-0.2, 0) is 0 Å². The first-order valence-corrected chi connectivity index (χ1v) is 7.89. The number of carbonyl (C=O) groups excluding carboxylic acids is 1. The van der Waals surface area contributed by atoms with Crippen LogP contribution in [0.3, 0.4) is 0 Å². The molecule has 1 aliphatic carbocycles. The van der Waals surface area contributed by atoms with Crippen LogP contribution < -0.4 is 11.1 Å². The Labute approximate surface area is 122 Å². The van der Waals surface area contributed by atoms with Gasteiger partial charge >= 0.3 is 0 Å². The topological polar surface area (TPSA) is 68.0 Å². The van der Waals surface area contributed by atoms with Crippen LogP contribution in [0.15, 0.2) is 18.3 Å². The van der Waals surface area contributed by atoms with Gasteiger partial charge in [0.25, 0.3) is 5.91 Å². The first-order valence-electron chi connectivity index (χ1n) is 6.19. The molecule has 1 heterocycles. The largest absolute Gasteiger partial charge is 0.389 e. The normalized spacial score (nSPS) is 22.2. The molecule has 6 heteroatoms. The first kappa shape index (κ1) is 14.3. The van der Waals surface area contributed by atoms with Crippen LogP contribution >= 0.6 is 24.0 Å². The van der Waals surface area contributed by atoms with Crippen molar-refractivity contribution in [3.63, 3.8) is 0 Å². The Morgan fingerprint density at radius 2 is 2.32 bits per heavy atom. The molecule has 19 heavy (non-hydrogen) atoms. The molecular weight excluding hydrogens is 278 g/mol. The number of nitrogens with zero attached hydrogens (tertiary/aromatic N) is 1. The monoisotopic (exact) mass is 295 g/mol. The number of thioether (sulfide) groups is 1. The zero-order valence-corrected chi connectivity index (χ0v) is 12.4. The Morgan fingerprint density at radius 1 is 1.53 bits per heavy atom. The molecular formula is C13H17N3OS2. The second-order valence-electron chi connectivity index (χ2n) is 4.64. The van der Waals surface area contributed by atoms with E-state index >= 15 is 0 Å². The summed E-state index contributed by atoms with van der Waals surface area (Å²) in [6.07, 6.45) is 6.90. The number of hydrogen-bond acceptors (Lipinski definition) is 4. The maximum Gasteiger partial charge on any atom is 0.270 e. The summed E-state index contributed by atoms with van der Waals surface area (Å²) in [7, 11) is 0. The van der Waals surface area contributed by atoms with E-state index in [2.05, 4.69) is 16.6 Å². The number of rotatable bonds is 4. The average Bonchev–Trinajstić information content (AvgIpc) is 2.86. The van der Waals surface area contributed by atoms with Gasteiger partial charge in [0.05, 0.1) is 0 Å². The molecule has 2 unspecified atom stereocenters. The van der Waals surface area contributed by atoms with Crippen molar-refractivity contribution in [3.8, 4) is 0 Å². The molecule has 0 bridgehead atoms. The average molecular weight is 295 g/mol. The van der Waals surface area contributed by atoms with Gasteiger partial charge in [-0.3, -0.25) is 9.78 Å².